The Hall–Kier alpha value is -2.37. The van der Waals surface area contributed by atoms with Crippen molar-refractivity contribution in [1.29, 1.82) is 0 Å². The summed E-state index contributed by atoms with van der Waals surface area (Å²) >= 11 is 0. The molecular weight excluding hydrogens is 332 g/mol. The number of carbonyl (C=O) groups excluding carboxylic acids is 1. The predicted octanol–water partition coefficient (Wildman–Crippen LogP) is 3.45. The van der Waals surface area contributed by atoms with Gasteiger partial charge >= 0.3 is 5.97 Å². The van der Waals surface area contributed by atoms with E-state index >= 15 is 0 Å². The third-order valence-electron chi connectivity index (χ3n) is 5.56. The summed E-state index contributed by atoms with van der Waals surface area (Å²) in [5, 5.41) is 19.5. The average Bonchev–Trinajstić information content (AvgIpc) is 3.24. The predicted molar refractivity (Wildman–Crippen MR) is 95.9 cm³/mol. The molecule has 0 aromatic heterocycles. The molecule has 2 aromatic carbocycles. The second-order valence-electron chi connectivity index (χ2n) is 7.01. The first-order valence-electron chi connectivity index (χ1n) is 8.99. The van der Waals surface area contributed by atoms with Crippen LogP contribution < -0.4 is 0 Å². The van der Waals surface area contributed by atoms with Gasteiger partial charge in [-0.05, 0) is 54.4 Å². The highest BCUT2D eigenvalue weighted by molar-refractivity contribution is 5.93. The molecule has 2 aliphatic rings. The Morgan fingerprint density at radius 2 is 2.00 bits per heavy atom. The van der Waals surface area contributed by atoms with Crippen molar-refractivity contribution in [2.75, 3.05) is 13.4 Å². The van der Waals surface area contributed by atoms with E-state index in [0.29, 0.717) is 17.0 Å². The molecule has 5 heteroatoms. The highest BCUT2D eigenvalue weighted by atomic mass is 16.6. The van der Waals surface area contributed by atoms with Gasteiger partial charge in [-0.2, -0.15) is 0 Å². The van der Waals surface area contributed by atoms with E-state index in [9.17, 15) is 9.90 Å². The Balaban J connectivity index is 1.77. The van der Waals surface area contributed by atoms with Gasteiger partial charge in [0, 0.05) is 12.2 Å². The van der Waals surface area contributed by atoms with Crippen LogP contribution in [0.25, 0.3) is 11.1 Å². The lowest BCUT2D eigenvalue weighted by Gasteiger charge is -2.18. The molecule has 1 aliphatic carbocycles. The van der Waals surface area contributed by atoms with Crippen LogP contribution in [0.2, 0.25) is 0 Å². The van der Waals surface area contributed by atoms with E-state index < -0.39 is 12.8 Å². The molecule has 5 nitrogen and oxygen atoms in total. The molecular formula is C21H22O5. The lowest BCUT2D eigenvalue weighted by Crippen LogP contribution is -2.12. The van der Waals surface area contributed by atoms with Crippen LogP contribution in [0.5, 0.6) is 5.75 Å². The van der Waals surface area contributed by atoms with E-state index in [-0.39, 0.29) is 17.8 Å². The van der Waals surface area contributed by atoms with Crippen LogP contribution in [0, 0.1) is 5.92 Å². The standard InChI is InChI=1S/C21H22O5/c22-12-26-21(24)18-11-19(23)17(13-4-2-1-3-5-13)10-16(18)15-8-14-6-7-25-20(14)9-15/h1-5,10-11,14-15,20,22-23H,6-9,12H2/t14-,15+,20-/m0/s1. The van der Waals surface area contributed by atoms with Crippen LogP contribution >= 0.6 is 0 Å². The topological polar surface area (TPSA) is 76.0 Å². The van der Waals surface area contributed by atoms with Gasteiger partial charge in [0.15, 0.2) is 6.79 Å². The number of aliphatic hydroxyl groups excluding tert-OH is 1. The highest BCUT2D eigenvalue weighted by Gasteiger charge is 2.40. The zero-order chi connectivity index (χ0) is 18.1. The van der Waals surface area contributed by atoms with Gasteiger partial charge in [-0.1, -0.05) is 30.3 Å². The maximum Gasteiger partial charge on any atom is 0.340 e. The van der Waals surface area contributed by atoms with Gasteiger partial charge in [0.05, 0.1) is 11.7 Å². The summed E-state index contributed by atoms with van der Waals surface area (Å²) in [7, 11) is 0. The molecule has 4 rings (SSSR count). The molecule has 0 radical (unpaired) electrons. The summed E-state index contributed by atoms with van der Waals surface area (Å²) in [5.41, 5.74) is 2.77. The van der Waals surface area contributed by atoms with E-state index in [1.165, 1.54) is 6.07 Å². The molecule has 2 N–H and O–H groups in total. The van der Waals surface area contributed by atoms with Crippen LogP contribution in [0.3, 0.4) is 0 Å². The van der Waals surface area contributed by atoms with Gasteiger partial charge in [-0.15, -0.1) is 0 Å². The number of esters is 1. The van der Waals surface area contributed by atoms with Crippen LogP contribution in [-0.2, 0) is 9.47 Å². The van der Waals surface area contributed by atoms with Crippen molar-refractivity contribution >= 4 is 5.97 Å². The molecule has 1 saturated heterocycles. The van der Waals surface area contributed by atoms with Crippen molar-refractivity contribution in [2.45, 2.75) is 31.3 Å². The Morgan fingerprint density at radius 1 is 1.19 bits per heavy atom. The first-order chi connectivity index (χ1) is 12.7. The number of fused-ring (bicyclic) bond motifs is 1. The third kappa shape index (κ3) is 3.08. The number of carbonyl (C=O) groups is 1. The molecule has 0 amide bonds. The molecule has 0 spiro atoms. The summed E-state index contributed by atoms with van der Waals surface area (Å²) < 4.78 is 10.6. The summed E-state index contributed by atoms with van der Waals surface area (Å²) in [6.07, 6.45) is 3.13. The molecule has 1 heterocycles. The Bertz CT molecular complexity index is 790. The third-order valence-corrected chi connectivity index (χ3v) is 5.56. The average molecular weight is 354 g/mol. The fourth-order valence-electron chi connectivity index (χ4n) is 4.32. The normalized spacial score (nSPS) is 24.4. The van der Waals surface area contributed by atoms with Crippen LogP contribution in [0.1, 0.15) is 41.1 Å². The van der Waals surface area contributed by atoms with E-state index in [0.717, 1.165) is 37.0 Å². The lowest BCUT2D eigenvalue weighted by molar-refractivity contribution is 0.00662. The molecule has 3 atom stereocenters. The molecule has 0 bridgehead atoms. The minimum absolute atomic E-state index is 0.0271. The quantitative estimate of drug-likeness (QED) is 0.650. The van der Waals surface area contributed by atoms with Gasteiger partial charge in [-0.3, -0.25) is 0 Å². The van der Waals surface area contributed by atoms with Gasteiger partial charge in [-0.25, -0.2) is 4.79 Å². The van der Waals surface area contributed by atoms with E-state index in [1.54, 1.807) is 0 Å². The van der Waals surface area contributed by atoms with Gasteiger partial charge < -0.3 is 19.7 Å². The molecule has 26 heavy (non-hydrogen) atoms. The number of aliphatic hydroxyl groups is 1. The maximum atomic E-state index is 12.3. The Morgan fingerprint density at radius 3 is 2.73 bits per heavy atom. The Labute approximate surface area is 152 Å². The smallest absolute Gasteiger partial charge is 0.340 e. The number of hydrogen-bond acceptors (Lipinski definition) is 5. The number of phenolic OH excluding ortho intramolecular Hbond substituents is 1. The zero-order valence-electron chi connectivity index (χ0n) is 14.4. The highest BCUT2D eigenvalue weighted by Crippen LogP contribution is 2.47. The summed E-state index contributed by atoms with van der Waals surface area (Å²) in [6.45, 7) is 0.130. The summed E-state index contributed by atoms with van der Waals surface area (Å²) in [5.74, 6) is 0.111. The molecule has 136 valence electrons. The van der Waals surface area contributed by atoms with Crippen molar-refractivity contribution in [3.63, 3.8) is 0 Å². The van der Waals surface area contributed by atoms with Gasteiger partial charge in [0.1, 0.15) is 5.75 Å². The van der Waals surface area contributed by atoms with Crippen LogP contribution in [0.4, 0.5) is 0 Å². The number of hydrogen-bond donors (Lipinski definition) is 2. The first kappa shape index (κ1) is 17.1. The van der Waals surface area contributed by atoms with Crippen molar-refractivity contribution in [1.82, 2.24) is 0 Å². The number of rotatable bonds is 4. The van der Waals surface area contributed by atoms with Crippen molar-refractivity contribution in [2.24, 2.45) is 5.92 Å². The second kappa shape index (κ2) is 7.09. The van der Waals surface area contributed by atoms with E-state index in [4.69, 9.17) is 14.6 Å². The number of phenols is 1. The molecule has 0 unspecified atom stereocenters. The molecule has 2 fully saturated rings. The number of benzene rings is 2. The van der Waals surface area contributed by atoms with Gasteiger partial charge in [0.2, 0.25) is 0 Å². The van der Waals surface area contributed by atoms with Crippen molar-refractivity contribution in [3.05, 3.63) is 53.6 Å². The van der Waals surface area contributed by atoms with Gasteiger partial charge in [0.25, 0.3) is 0 Å². The minimum atomic E-state index is -0.682. The molecule has 1 aliphatic heterocycles. The van der Waals surface area contributed by atoms with Crippen molar-refractivity contribution in [3.8, 4) is 16.9 Å². The zero-order valence-corrected chi connectivity index (χ0v) is 14.4. The fraction of sp³-hybridized carbons (Fsp3) is 0.381. The summed E-state index contributed by atoms with van der Waals surface area (Å²) in [4.78, 5) is 12.3. The SMILES string of the molecule is O=C(OCO)c1cc(O)c(-c2ccccc2)cc1[C@@H]1C[C@@H]2CCO[C@H]2C1. The van der Waals surface area contributed by atoms with Crippen LogP contribution in [-0.4, -0.2) is 35.7 Å². The molecule has 1 saturated carbocycles. The minimum Gasteiger partial charge on any atom is -0.507 e. The number of ether oxygens (including phenoxy) is 2. The van der Waals surface area contributed by atoms with Crippen LogP contribution in [0.15, 0.2) is 42.5 Å². The lowest BCUT2D eigenvalue weighted by atomic mass is 9.88. The van der Waals surface area contributed by atoms with E-state index in [2.05, 4.69) is 0 Å². The largest absolute Gasteiger partial charge is 0.507 e. The maximum absolute atomic E-state index is 12.3. The van der Waals surface area contributed by atoms with E-state index in [1.807, 2.05) is 36.4 Å². The second-order valence-corrected chi connectivity index (χ2v) is 7.01. The first-order valence-corrected chi connectivity index (χ1v) is 8.99. The Kier molecular flexibility index (Phi) is 4.66. The summed E-state index contributed by atoms with van der Waals surface area (Å²) in [6, 6.07) is 13.0. The number of aromatic hydroxyl groups is 1. The van der Waals surface area contributed by atoms with Crippen molar-refractivity contribution < 1.29 is 24.5 Å². The molecule has 2 aromatic rings. The monoisotopic (exact) mass is 354 g/mol. The fourth-order valence-corrected chi connectivity index (χ4v) is 4.32.